The van der Waals surface area contributed by atoms with E-state index in [0.717, 1.165) is 21.1 Å². The van der Waals surface area contributed by atoms with Gasteiger partial charge in [-0.05, 0) is 80.1 Å². The van der Waals surface area contributed by atoms with E-state index in [1.54, 1.807) is 27.0 Å². The van der Waals surface area contributed by atoms with Gasteiger partial charge in [-0.3, -0.25) is 9.20 Å². The smallest absolute Gasteiger partial charge is 0.452 e. The van der Waals surface area contributed by atoms with E-state index >= 15 is 0 Å². The van der Waals surface area contributed by atoms with E-state index < -0.39 is 45.9 Å². The van der Waals surface area contributed by atoms with Gasteiger partial charge in [0.25, 0.3) is 0 Å². The van der Waals surface area contributed by atoms with Gasteiger partial charge in [-0.2, -0.15) is 13.2 Å². The molecule has 46 heavy (non-hydrogen) atoms. The first kappa shape index (κ1) is 32.1. The van der Waals surface area contributed by atoms with E-state index in [0.29, 0.717) is 53.6 Å². The second kappa shape index (κ2) is 11.4. The number of aliphatic carboxylic acids is 1. The number of nitrogens with zero attached hydrogens (tertiary/aromatic N) is 5. The Morgan fingerprint density at radius 2 is 1.91 bits per heavy atom. The minimum Gasteiger partial charge on any atom is -0.481 e. The fourth-order valence-corrected chi connectivity index (χ4v) is 7.76. The Hall–Kier alpha value is -3.88. The second-order valence-corrected chi connectivity index (χ2v) is 14.2. The van der Waals surface area contributed by atoms with Gasteiger partial charge < -0.3 is 14.6 Å². The molecule has 6 rings (SSSR count). The molecule has 3 aromatic heterocycles. The van der Waals surface area contributed by atoms with Crippen LogP contribution in [-0.4, -0.2) is 64.5 Å². The number of aromatic nitrogens is 4. The van der Waals surface area contributed by atoms with Crippen LogP contribution in [0.15, 0.2) is 47.6 Å². The number of benzene rings is 1. The van der Waals surface area contributed by atoms with Crippen molar-refractivity contribution in [1.29, 1.82) is 0 Å². The van der Waals surface area contributed by atoms with Gasteiger partial charge in [0, 0.05) is 31.3 Å². The number of alkyl halides is 3. The van der Waals surface area contributed by atoms with Crippen LogP contribution >= 0.6 is 0 Å². The van der Waals surface area contributed by atoms with E-state index in [9.17, 15) is 27.3 Å². The van der Waals surface area contributed by atoms with Crippen LogP contribution in [0.2, 0.25) is 0 Å². The molecule has 0 saturated carbocycles. The largest absolute Gasteiger partial charge is 0.481 e. The molecule has 1 aromatic carbocycles. The Morgan fingerprint density at radius 3 is 2.59 bits per heavy atom. The summed E-state index contributed by atoms with van der Waals surface area (Å²) in [4.78, 5) is 17.6. The summed E-state index contributed by atoms with van der Waals surface area (Å²) < 4.78 is 69.6. The summed E-state index contributed by atoms with van der Waals surface area (Å²) in [5, 5.41) is 17.6. The third kappa shape index (κ3) is 5.56. The summed E-state index contributed by atoms with van der Waals surface area (Å²) >= 11 is 0. The Labute approximate surface area is 266 Å². The van der Waals surface area contributed by atoms with Crippen molar-refractivity contribution in [2.75, 3.05) is 19.8 Å². The van der Waals surface area contributed by atoms with Crippen LogP contribution in [0.4, 0.5) is 13.2 Å². The van der Waals surface area contributed by atoms with Crippen molar-refractivity contribution in [3.05, 3.63) is 81.9 Å². The minimum atomic E-state index is -4.71. The maximum absolute atomic E-state index is 14.1. The zero-order valence-electron chi connectivity index (χ0n) is 26.0. The number of aryl methyl sites for hydroxylation is 3. The van der Waals surface area contributed by atoms with Crippen LogP contribution in [0.25, 0.3) is 5.65 Å². The van der Waals surface area contributed by atoms with Gasteiger partial charge in [-0.15, -0.1) is 10.2 Å². The molecule has 3 atom stereocenters. The van der Waals surface area contributed by atoms with Crippen molar-refractivity contribution in [1.82, 2.24) is 23.9 Å². The lowest BCUT2D eigenvalue weighted by molar-refractivity contribution is -0.147. The van der Waals surface area contributed by atoms with Gasteiger partial charge in [0.15, 0.2) is 5.65 Å². The van der Waals surface area contributed by atoms with Crippen LogP contribution in [0.1, 0.15) is 65.4 Å². The molecule has 14 heteroatoms. The van der Waals surface area contributed by atoms with Crippen molar-refractivity contribution in [2.45, 2.75) is 70.2 Å². The second-order valence-electron chi connectivity index (χ2n) is 12.7. The number of carbonyl (C=O) groups is 1. The highest BCUT2D eigenvalue weighted by molar-refractivity contribution is 7.82. The molecule has 2 aliphatic heterocycles. The number of halogens is 3. The molecule has 2 aliphatic rings. The summed E-state index contributed by atoms with van der Waals surface area (Å²) in [6.07, 6.45) is -1.20. The van der Waals surface area contributed by atoms with Gasteiger partial charge in [0.2, 0.25) is 11.7 Å². The molecular formula is C32H34F3N5O5S. The molecule has 1 fully saturated rings. The molecule has 1 spiro atoms. The quantitative estimate of drug-likeness (QED) is 0.294. The standard InChI is InChI=1S/C32H34F3N5O5S/c1-18-12-24-27(36-14-18)45-31(9-11-44-17-31)16-39(46(24)43)15-22-13-21(7-6-19(22)2)25(30(4,5)29(41)42)23-8-10-40-26(20(23)3)37-38-28(40)32(33,34)35/h6-8,10,12-14,25H,9,11,15-17H2,1-5H3,(H,41,42). The van der Waals surface area contributed by atoms with Crippen LogP contribution in [-0.2, 0) is 33.2 Å². The Bertz CT molecular complexity index is 1870. The first-order valence-corrected chi connectivity index (χ1v) is 15.9. The van der Waals surface area contributed by atoms with Crippen LogP contribution < -0.4 is 4.74 Å². The summed E-state index contributed by atoms with van der Waals surface area (Å²) in [5.74, 6) is -2.69. The first-order chi connectivity index (χ1) is 21.6. The van der Waals surface area contributed by atoms with E-state index in [-0.39, 0.29) is 12.2 Å². The highest BCUT2D eigenvalue weighted by atomic mass is 32.2. The number of carboxylic acids is 1. The Morgan fingerprint density at radius 1 is 1.15 bits per heavy atom. The Balaban J connectivity index is 1.44. The summed E-state index contributed by atoms with van der Waals surface area (Å²) in [5.41, 5.74) is 1.98. The zero-order valence-corrected chi connectivity index (χ0v) is 26.8. The average Bonchev–Trinajstić information content (AvgIpc) is 3.61. The van der Waals surface area contributed by atoms with Gasteiger partial charge in [0.05, 0.1) is 25.2 Å². The molecule has 0 bridgehead atoms. The fourth-order valence-electron chi connectivity index (χ4n) is 6.34. The first-order valence-electron chi connectivity index (χ1n) is 14.8. The molecule has 5 heterocycles. The maximum Gasteiger partial charge on any atom is 0.452 e. The number of rotatable bonds is 6. The summed E-state index contributed by atoms with van der Waals surface area (Å²) in [7, 11) is -1.63. The predicted molar refractivity (Wildman–Crippen MR) is 162 cm³/mol. The van der Waals surface area contributed by atoms with Crippen LogP contribution in [0.3, 0.4) is 0 Å². The third-order valence-corrected chi connectivity index (χ3v) is 10.4. The van der Waals surface area contributed by atoms with Gasteiger partial charge in [-0.25, -0.2) is 13.5 Å². The zero-order chi connectivity index (χ0) is 33.2. The predicted octanol–water partition coefficient (Wildman–Crippen LogP) is 5.39. The van der Waals surface area contributed by atoms with Crippen molar-refractivity contribution < 1.29 is 36.8 Å². The fraction of sp³-hybridized carbons (Fsp3) is 0.438. The number of hydrogen-bond donors (Lipinski definition) is 1. The van der Waals surface area contributed by atoms with Crippen molar-refractivity contribution in [2.24, 2.45) is 5.41 Å². The molecule has 1 saturated heterocycles. The van der Waals surface area contributed by atoms with Crippen molar-refractivity contribution >= 4 is 22.6 Å². The van der Waals surface area contributed by atoms with Gasteiger partial charge in [0.1, 0.15) is 21.5 Å². The van der Waals surface area contributed by atoms with Gasteiger partial charge >= 0.3 is 12.1 Å². The molecule has 3 unspecified atom stereocenters. The molecule has 0 radical (unpaired) electrons. The lowest BCUT2D eigenvalue weighted by Crippen LogP contribution is -2.46. The van der Waals surface area contributed by atoms with Crippen LogP contribution in [0.5, 0.6) is 5.88 Å². The lowest BCUT2D eigenvalue weighted by Gasteiger charge is -2.33. The van der Waals surface area contributed by atoms with Crippen molar-refractivity contribution in [3.8, 4) is 5.88 Å². The third-order valence-electron chi connectivity index (χ3n) is 8.98. The number of ether oxygens (including phenoxy) is 2. The molecular weight excluding hydrogens is 623 g/mol. The summed E-state index contributed by atoms with van der Waals surface area (Å²) in [6, 6.07) is 8.93. The van der Waals surface area contributed by atoms with Crippen LogP contribution in [0, 0.1) is 26.2 Å². The maximum atomic E-state index is 14.1. The molecule has 0 amide bonds. The van der Waals surface area contributed by atoms with E-state index in [4.69, 9.17) is 9.47 Å². The number of hydrogen-bond acceptors (Lipinski definition) is 7. The highest BCUT2D eigenvalue weighted by Crippen LogP contribution is 2.44. The normalized spacial score (nSPS) is 21.3. The Kier molecular flexibility index (Phi) is 7.97. The topological polar surface area (TPSA) is 119 Å². The molecule has 4 aromatic rings. The highest BCUT2D eigenvalue weighted by Gasteiger charge is 2.45. The van der Waals surface area contributed by atoms with E-state index in [1.165, 1.54) is 12.3 Å². The molecule has 10 nitrogen and oxygen atoms in total. The minimum absolute atomic E-state index is 0.00467. The lowest BCUT2D eigenvalue weighted by atomic mass is 9.70. The van der Waals surface area contributed by atoms with Gasteiger partial charge in [-0.1, -0.05) is 18.2 Å². The van der Waals surface area contributed by atoms with E-state index in [1.807, 2.05) is 42.4 Å². The summed E-state index contributed by atoms with van der Waals surface area (Å²) in [6.45, 7) is 9.98. The number of pyridine rings is 2. The molecule has 0 aliphatic carbocycles. The van der Waals surface area contributed by atoms with Crippen molar-refractivity contribution in [3.63, 3.8) is 0 Å². The monoisotopic (exact) mass is 657 g/mol. The number of fused-ring (bicyclic) bond motifs is 2. The number of carboxylic acid groups (broad SMARTS) is 1. The SMILES string of the molecule is Cc1cnc2c(c1)S(=O)N(Cc1cc(C(c3ccn4c(C(F)(F)F)nnc4c3C)C(C)(C)C(=O)O)ccc1C)CC1(CCOC1)O2. The average molecular weight is 658 g/mol. The van der Waals surface area contributed by atoms with E-state index in [2.05, 4.69) is 15.2 Å². The molecule has 244 valence electrons. The molecule has 1 N–H and O–H groups in total.